The predicted octanol–water partition coefficient (Wildman–Crippen LogP) is 2.67. The molecule has 0 saturated carbocycles. The minimum absolute atomic E-state index is 0.00268. The molecule has 1 aliphatic rings. The van der Waals surface area contributed by atoms with Gasteiger partial charge in [-0.25, -0.2) is 17.2 Å². The predicted molar refractivity (Wildman–Crippen MR) is 99.1 cm³/mol. The summed E-state index contributed by atoms with van der Waals surface area (Å²) in [5.74, 6) is -2.61. The van der Waals surface area contributed by atoms with Crippen molar-refractivity contribution in [3.05, 3.63) is 68.7 Å². The van der Waals surface area contributed by atoms with E-state index in [-0.39, 0.29) is 36.8 Å². The van der Waals surface area contributed by atoms with E-state index < -0.39 is 43.1 Å². The molecule has 0 spiro atoms. The Morgan fingerprint density at radius 1 is 1.07 bits per heavy atom. The summed E-state index contributed by atoms with van der Waals surface area (Å²) in [6, 6.07) is 5.83. The molecule has 0 aliphatic carbocycles. The molecule has 12 heteroatoms. The van der Waals surface area contributed by atoms with Gasteiger partial charge in [-0.05, 0) is 24.3 Å². The van der Waals surface area contributed by atoms with Crippen molar-refractivity contribution in [2.45, 2.75) is 4.90 Å². The van der Waals surface area contributed by atoms with Gasteiger partial charge in [-0.1, -0.05) is 11.6 Å². The second-order valence-corrected chi connectivity index (χ2v) is 8.51. The minimum Gasteiger partial charge on any atom is -0.336 e. The van der Waals surface area contributed by atoms with Crippen LogP contribution in [0.2, 0.25) is 5.02 Å². The van der Waals surface area contributed by atoms with E-state index in [0.29, 0.717) is 6.07 Å². The Kier molecular flexibility index (Phi) is 5.82. The molecule has 0 aromatic heterocycles. The molecule has 0 N–H and O–H groups in total. The van der Waals surface area contributed by atoms with Crippen molar-refractivity contribution < 1.29 is 26.9 Å². The van der Waals surface area contributed by atoms with Crippen LogP contribution < -0.4 is 0 Å². The van der Waals surface area contributed by atoms with Crippen molar-refractivity contribution in [1.29, 1.82) is 0 Å². The van der Waals surface area contributed by atoms with E-state index in [9.17, 15) is 32.1 Å². The molecule has 1 aliphatic heterocycles. The Balaban J connectivity index is 1.74. The molecular formula is C17H14ClF2N3O5S. The quantitative estimate of drug-likeness (QED) is 0.532. The first kappa shape index (κ1) is 21.1. The summed E-state index contributed by atoms with van der Waals surface area (Å²) >= 11 is 5.74. The zero-order valence-corrected chi connectivity index (χ0v) is 16.3. The van der Waals surface area contributed by atoms with Gasteiger partial charge in [-0.15, -0.1) is 0 Å². The van der Waals surface area contributed by atoms with E-state index in [1.807, 2.05) is 0 Å². The van der Waals surface area contributed by atoms with Crippen molar-refractivity contribution in [1.82, 2.24) is 9.21 Å². The third-order valence-corrected chi connectivity index (χ3v) is 6.68. The van der Waals surface area contributed by atoms with Gasteiger partial charge in [-0.2, -0.15) is 4.31 Å². The summed E-state index contributed by atoms with van der Waals surface area (Å²) in [5, 5.41) is 10.9. The van der Waals surface area contributed by atoms with Crippen LogP contribution in [0.1, 0.15) is 10.4 Å². The smallest absolute Gasteiger partial charge is 0.288 e. The molecule has 3 rings (SSSR count). The van der Waals surface area contributed by atoms with Gasteiger partial charge < -0.3 is 4.90 Å². The topological polar surface area (TPSA) is 101 Å². The monoisotopic (exact) mass is 445 g/mol. The molecule has 0 atom stereocenters. The first-order valence-corrected chi connectivity index (χ1v) is 10.1. The third-order valence-electron chi connectivity index (χ3n) is 4.43. The second-order valence-electron chi connectivity index (χ2n) is 6.19. The van der Waals surface area contributed by atoms with Gasteiger partial charge in [-0.3, -0.25) is 14.9 Å². The number of hydrogen-bond donors (Lipinski definition) is 0. The number of carbonyl (C=O) groups is 1. The Bertz CT molecular complexity index is 1090. The molecule has 1 fully saturated rings. The number of sulfonamides is 1. The summed E-state index contributed by atoms with van der Waals surface area (Å²) in [6.07, 6.45) is 0. The van der Waals surface area contributed by atoms with E-state index in [4.69, 9.17) is 11.6 Å². The third kappa shape index (κ3) is 4.21. The number of rotatable bonds is 4. The van der Waals surface area contributed by atoms with Gasteiger partial charge in [0.05, 0.1) is 4.92 Å². The van der Waals surface area contributed by atoms with Crippen LogP contribution in [0.4, 0.5) is 14.5 Å². The number of amides is 1. The van der Waals surface area contributed by atoms with Crippen LogP contribution in [-0.4, -0.2) is 54.6 Å². The SMILES string of the molecule is O=C(c1ccc(Cl)c([N+](=O)[O-])c1)N1CCN(S(=O)(=O)c2ccc(F)cc2F)CC1. The number of benzene rings is 2. The fourth-order valence-electron chi connectivity index (χ4n) is 2.92. The molecule has 1 saturated heterocycles. The van der Waals surface area contributed by atoms with E-state index in [1.165, 1.54) is 17.0 Å². The van der Waals surface area contributed by atoms with Crippen molar-refractivity contribution in [2.24, 2.45) is 0 Å². The number of hydrogen-bond acceptors (Lipinski definition) is 5. The van der Waals surface area contributed by atoms with Gasteiger partial charge in [0.25, 0.3) is 11.6 Å². The summed E-state index contributed by atoms with van der Waals surface area (Å²) < 4.78 is 53.1. The normalized spacial score (nSPS) is 15.3. The van der Waals surface area contributed by atoms with Crippen molar-refractivity contribution >= 4 is 33.2 Å². The van der Waals surface area contributed by atoms with Crippen LogP contribution in [0, 0.1) is 21.7 Å². The van der Waals surface area contributed by atoms with Crippen molar-refractivity contribution in [3.63, 3.8) is 0 Å². The largest absolute Gasteiger partial charge is 0.336 e. The number of nitrogens with zero attached hydrogens (tertiary/aromatic N) is 3. The minimum atomic E-state index is -4.20. The van der Waals surface area contributed by atoms with Gasteiger partial charge >= 0.3 is 0 Å². The Hall–Kier alpha value is -2.63. The number of halogens is 3. The Labute approximate surface area is 169 Å². The highest BCUT2D eigenvalue weighted by atomic mass is 35.5. The molecule has 154 valence electrons. The molecule has 1 heterocycles. The zero-order chi connectivity index (χ0) is 21.3. The van der Waals surface area contributed by atoms with E-state index in [0.717, 1.165) is 22.5 Å². The average Bonchev–Trinajstić information content (AvgIpc) is 2.67. The van der Waals surface area contributed by atoms with Gasteiger partial charge in [0, 0.05) is 43.9 Å². The molecule has 0 unspecified atom stereocenters. The fraction of sp³-hybridized carbons (Fsp3) is 0.235. The number of nitro groups is 1. The van der Waals surface area contributed by atoms with Gasteiger partial charge in [0.1, 0.15) is 21.6 Å². The molecule has 8 nitrogen and oxygen atoms in total. The lowest BCUT2D eigenvalue weighted by Crippen LogP contribution is -2.50. The molecule has 2 aromatic rings. The maximum atomic E-state index is 13.9. The summed E-state index contributed by atoms with van der Waals surface area (Å²) in [7, 11) is -4.20. The Morgan fingerprint density at radius 3 is 2.31 bits per heavy atom. The summed E-state index contributed by atoms with van der Waals surface area (Å²) in [6.45, 7) is -0.226. The van der Waals surface area contributed by atoms with E-state index in [2.05, 4.69) is 0 Å². The van der Waals surface area contributed by atoms with Crippen molar-refractivity contribution in [2.75, 3.05) is 26.2 Å². The van der Waals surface area contributed by atoms with Crippen LogP contribution in [0.15, 0.2) is 41.3 Å². The molecule has 1 amide bonds. The second kappa shape index (κ2) is 8.01. The van der Waals surface area contributed by atoms with E-state index >= 15 is 0 Å². The van der Waals surface area contributed by atoms with Gasteiger partial charge in [0.15, 0.2) is 0 Å². The van der Waals surface area contributed by atoms with Crippen molar-refractivity contribution in [3.8, 4) is 0 Å². The van der Waals surface area contributed by atoms with Crippen LogP contribution >= 0.6 is 11.6 Å². The molecular weight excluding hydrogens is 432 g/mol. The molecule has 29 heavy (non-hydrogen) atoms. The van der Waals surface area contributed by atoms with Crippen LogP contribution in [-0.2, 0) is 10.0 Å². The fourth-order valence-corrected chi connectivity index (χ4v) is 4.58. The highest BCUT2D eigenvalue weighted by Crippen LogP contribution is 2.26. The van der Waals surface area contributed by atoms with Crippen LogP contribution in [0.3, 0.4) is 0 Å². The lowest BCUT2D eigenvalue weighted by molar-refractivity contribution is -0.384. The molecule has 2 aromatic carbocycles. The highest BCUT2D eigenvalue weighted by molar-refractivity contribution is 7.89. The summed E-state index contributed by atoms with van der Waals surface area (Å²) in [4.78, 5) is 23.6. The highest BCUT2D eigenvalue weighted by Gasteiger charge is 2.32. The lowest BCUT2D eigenvalue weighted by Gasteiger charge is -2.34. The van der Waals surface area contributed by atoms with E-state index in [1.54, 1.807) is 0 Å². The first-order valence-electron chi connectivity index (χ1n) is 8.29. The maximum Gasteiger partial charge on any atom is 0.288 e. The zero-order valence-electron chi connectivity index (χ0n) is 14.7. The Morgan fingerprint density at radius 2 is 1.72 bits per heavy atom. The number of piperazine rings is 1. The standard InChI is InChI=1S/C17H14ClF2N3O5S/c18-13-3-1-11(9-15(13)23(25)26)17(24)21-5-7-22(8-6-21)29(27,28)16-4-2-12(19)10-14(16)20/h1-4,9-10H,5-8H2. The number of carbonyl (C=O) groups excluding carboxylic acids is 1. The molecule has 0 radical (unpaired) electrons. The maximum absolute atomic E-state index is 13.9. The summed E-state index contributed by atoms with van der Waals surface area (Å²) in [5.41, 5.74) is -0.368. The first-order chi connectivity index (χ1) is 13.6. The average molecular weight is 446 g/mol. The number of nitro benzene ring substituents is 1. The molecule has 0 bridgehead atoms. The van der Waals surface area contributed by atoms with Crippen LogP contribution in [0.25, 0.3) is 0 Å². The van der Waals surface area contributed by atoms with Crippen LogP contribution in [0.5, 0.6) is 0 Å². The van der Waals surface area contributed by atoms with Gasteiger partial charge in [0.2, 0.25) is 10.0 Å². The lowest BCUT2D eigenvalue weighted by atomic mass is 10.1.